The zero-order valence-corrected chi connectivity index (χ0v) is 20.8. The van der Waals surface area contributed by atoms with E-state index in [1.807, 2.05) is 22.9 Å². The van der Waals surface area contributed by atoms with E-state index in [9.17, 15) is 4.39 Å². The lowest BCUT2D eigenvalue weighted by Gasteiger charge is -2.49. The van der Waals surface area contributed by atoms with Crippen LogP contribution in [0.4, 0.5) is 10.2 Å². The largest absolute Gasteiger partial charge is 0.349 e. The van der Waals surface area contributed by atoms with E-state index in [1.54, 1.807) is 18.5 Å². The molecule has 0 radical (unpaired) electrons. The van der Waals surface area contributed by atoms with Crippen LogP contribution in [0.5, 0.6) is 0 Å². The Bertz CT molecular complexity index is 1340. The van der Waals surface area contributed by atoms with Gasteiger partial charge in [0.1, 0.15) is 17.7 Å². The van der Waals surface area contributed by atoms with E-state index in [0.717, 1.165) is 48.1 Å². The second-order valence-corrected chi connectivity index (χ2v) is 10.7. The summed E-state index contributed by atoms with van der Waals surface area (Å²) in [5.74, 6) is 2.44. The van der Waals surface area contributed by atoms with Crippen molar-refractivity contribution in [2.24, 2.45) is 11.8 Å². The number of anilines is 1. The van der Waals surface area contributed by atoms with Crippen LogP contribution in [0.1, 0.15) is 52.1 Å². The minimum atomic E-state index is -0.192. The van der Waals surface area contributed by atoms with E-state index in [2.05, 4.69) is 52.3 Å². The van der Waals surface area contributed by atoms with Crippen molar-refractivity contribution < 1.29 is 4.39 Å². The number of piperazine rings is 1. The van der Waals surface area contributed by atoms with Crippen LogP contribution in [0.15, 0.2) is 36.9 Å². The van der Waals surface area contributed by atoms with E-state index >= 15 is 0 Å². The second kappa shape index (κ2) is 8.55. The van der Waals surface area contributed by atoms with Gasteiger partial charge in [-0.2, -0.15) is 4.98 Å². The van der Waals surface area contributed by atoms with E-state index in [0.29, 0.717) is 11.7 Å². The predicted octanol–water partition coefficient (Wildman–Crippen LogP) is 4.32. The highest BCUT2D eigenvalue weighted by molar-refractivity contribution is 5.86. The summed E-state index contributed by atoms with van der Waals surface area (Å²) < 4.78 is 17.8. The van der Waals surface area contributed by atoms with Gasteiger partial charge in [-0.05, 0) is 56.2 Å². The van der Waals surface area contributed by atoms with Crippen molar-refractivity contribution >= 4 is 22.8 Å². The first-order valence-electron chi connectivity index (χ1n) is 12.7. The fraction of sp³-hybridized carbons (Fsp3) is 0.538. The Labute approximate surface area is 204 Å². The van der Waals surface area contributed by atoms with Gasteiger partial charge in [0.15, 0.2) is 11.5 Å². The molecule has 184 valence electrons. The molecule has 4 aromatic rings. The average molecular weight is 477 g/mol. The first-order chi connectivity index (χ1) is 16.9. The molecule has 0 bridgehead atoms. The molecule has 1 aliphatic heterocycles. The maximum Gasteiger partial charge on any atom is 0.258 e. The quantitative estimate of drug-likeness (QED) is 0.413. The molecule has 1 saturated heterocycles. The van der Waals surface area contributed by atoms with Gasteiger partial charge in [0.05, 0.1) is 6.33 Å². The number of rotatable bonds is 6. The fourth-order valence-corrected chi connectivity index (χ4v) is 5.76. The highest BCUT2D eigenvalue weighted by Gasteiger charge is 2.37. The lowest BCUT2D eigenvalue weighted by molar-refractivity contribution is 0.0821. The molecule has 4 heterocycles. The molecule has 9 heteroatoms. The third-order valence-corrected chi connectivity index (χ3v) is 7.64. The minimum absolute atomic E-state index is 0.192. The number of nitrogens with zero attached hydrogens (tertiary/aromatic N) is 8. The highest BCUT2D eigenvalue weighted by atomic mass is 19.1. The summed E-state index contributed by atoms with van der Waals surface area (Å²) in [6.07, 6.45) is 6.25. The molecule has 2 fully saturated rings. The minimum Gasteiger partial charge on any atom is -0.349 e. The SMILES string of the molecule is CC(C)[C@H](c1ccc(F)cc1)N1C[C@H](C)N(c2nc3nncn3c3c2ncn3CC2CC2)C[C@H]1C. The summed E-state index contributed by atoms with van der Waals surface area (Å²) in [5, 5.41) is 8.43. The highest BCUT2D eigenvalue weighted by Crippen LogP contribution is 2.37. The van der Waals surface area contributed by atoms with Gasteiger partial charge in [-0.3, -0.25) is 4.90 Å². The number of halogens is 1. The summed E-state index contributed by atoms with van der Waals surface area (Å²) in [6, 6.07) is 7.73. The summed E-state index contributed by atoms with van der Waals surface area (Å²) in [7, 11) is 0. The van der Waals surface area contributed by atoms with Crippen LogP contribution >= 0.6 is 0 Å². The molecule has 1 saturated carbocycles. The van der Waals surface area contributed by atoms with Crippen molar-refractivity contribution in [2.75, 3.05) is 18.0 Å². The summed E-state index contributed by atoms with van der Waals surface area (Å²) in [5.41, 5.74) is 3.10. The Morgan fingerprint density at radius 1 is 1.03 bits per heavy atom. The van der Waals surface area contributed by atoms with E-state index < -0.39 is 0 Å². The smallest absolute Gasteiger partial charge is 0.258 e. The molecule has 35 heavy (non-hydrogen) atoms. The van der Waals surface area contributed by atoms with Crippen LogP contribution in [0.3, 0.4) is 0 Å². The predicted molar refractivity (Wildman–Crippen MR) is 134 cm³/mol. The second-order valence-electron chi connectivity index (χ2n) is 10.7. The topological polar surface area (TPSA) is 67.4 Å². The number of hydrogen-bond donors (Lipinski definition) is 0. The molecule has 0 N–H and O–H groups in total. The van der Waals surface area contributed by atoms with Crippen LogP contribution < -0.4 is 4.90 Å². The number of aromatic nitrogens is 6. The molecule has 0 spiro atoms. The Kier molecular flexibility index (Phi) is 5.47. The summed E-state index contributed by atoms with van der Waals surface area (Å²) >= 11 is 0. The van der Waals surface area contributed by atoms with Crippen LogP contribution in [-0.2, 0) is 6.54 Å². The van der Waals surface area contributed by atoms with Crippen molar-refractivity contribution in [3.8, 4) is 0 Å². The van der Waals surface area contributed by atoms with Crippen molar-refractivity contribution in [3.05, 3.63) is 48.3 Å². The maximum atomic E-state index is 13.6. The number of fused-ring (bicyclic) bond motifs is 3. The normalized spacial score (nSPS) is 22.5. The summed E-state index contributed by atoms with van der Waals surface area (Å²) in [4.78, 5) is 14.7. The van der Waals surface area contributed by atoms with Crippen LogP contribution in [0.2, 0.25) is 0 Å². The Hall–Kier alpha value is -3.07. The number of benzene rings is 1. The first-order valence-corrected chi connectivity index (χ1v) is 12.7. The molecule has 2 aliphatic rings. The van der Waals surface area contributed by atoms with Gasteiger partial charge in [0.25, 0.3) is 5.78 Å². The fourth-order valence-electron chi connectivity index (χ4n) is 5.76. The Morgan fingerprint density at radius 3 is 2.51 bits per heavy atom. The molecule has 1 aromatic carbocycles. The van der Waals surface area contributed by atoms with Crippen molar-refractivity contribution in [1.29, 1.82) is 0 Å². The lowest BCUT2D eigenvalue weighted by Crippen LogP contribution is -2.58. The van der Waals surface area contributed by atoms with Crippen LogP contribution in [0.25, 0.3) is 16.9 Å². The summed E-state index contributed by atoms with van der Waals surface area (Å²) in [6.45, 7) is 11.7. The zero-order valence-electron chi connectivity index (χ0n) is 20.8. The zero-order chi connectivity index (χ0) is 24.3. The monoisotopic (exact) mass is 476 g/mol. The maximum absolute atomic E-state index is 13.6. The van der Waals surface area contributed by atoms with Crippen LogP contribution in [0, 0.1) is 17.7 Å². The van der Waals surface area contributed by atoms with Crippen LogP contribution in [-0.4, -0.2) is 59.2 Å². The van der Waals surface area contributed by atoms with E-state index in [4.69, 9.17) is 9.97 Å². The van der Waals surface area contributed by atoms with Gasteiger partial charge in [-0.15, -0.1) is 10.2 Å². The molecular formula is C26H33FN8. The third-order valence-electron chi connectivity index (χ3n) is 7.64. The van der Waals surface area contributed by atoms with Gasteiger partial charge in [0, 0.05) is 37.8 Å². The van der Waals surface area contributed by atoms with E-state index in [1.165, 1.54) is 12.8 Å². The standard InChI is InChI=1S/C26H33FN8/c1-16(2)23(20-7-9-21(27)10-8-20)33-11-18(4)34(12-17(33)3)24-22-25(35-15-29-31-26(35)30-24)32(14-28-22)13-19-5-6-19/h7-10,14-19,23H,5-6,11-13H2,1-4H3/t17-,18+,23-/m1/s1. The lowest BCUT2D eigenvalue weighted by atomic mass is 9.91. The first kappa shape index (κ1) is 22.4. The molecule has 8 nitrogen and oxygen atoms in total. The molecule has 3 atom stereocenters. The van der Waals surface area contributed by atoms with Crippen molar-refractivity contribution in [3.63, 3.8) is 0 Å². The van der Waals surface area contributed by atoms with Crippen molar-refractivity contribution in [2.45, 2.75) is 65.2 Å². The number of hydrogen-bond acceptors (Lipinski definition) is 6. The molecule has 0 unspecified atom stereocenters. The average Bonchev–Trinajstić information content (AvgIpc) is 3.35. The molecular weight excluding hydrogens is 443 g/mol. The molecule has 3 aromatic heterocycles. The van der Waals surface area contributed by atoms with Crippen molar-refractivity contribution in [1.82, 2.24) is 34.0 Å². The molecule has 0 amide bonds. The Morgan fingerprint density at radius 2 is 1.80 bits per heavy atom. The Balaban J connectivity index is 1.35. The molecule has 6 rings (SSSR count). The van der Waals surface area contributed by atoms with E-state index in [-0.39, 0.29) is 23.9 Å². The third kappa shape index (κ3) is 3.95. The van der Waals surface area contributed by atoms with Gasteiger partial charge >= 0.3 is 0 Å². The number of imidazole rings is 1. The van der Waals surface area contributed by atoms with Gasteiger partial charge < -0.3 is 9.47 Å². The van der Waals surface area contributed by atoms with Gasteiger partial charge in [0.2, 0.25) is 0 Å². The molecule has 1 aliphatic carbocycles. The van der Waals surface area contributed by atoms with Gasteiger partial charge in [-0.25, -0.2) is 13.8 Å². The van der Waals surface area contributed by atoms with Gasteiger partial charge in [-0.1, -0.05) is 26.0 Å².